The maximum Gasteiger partial charge on any atom is 0.172 e. The van der Waals surface area contributed by atoms with Crippen molar-refractivity contribution in [3.63, 3.8) is 0 Å². The fourth-order valence-electron chi connectivity index (χ4n) is 1.24. The molecule has 1 N–H and O–H groups in total. The molecule has 0 bridgehead atoms. The zero-order valence-corrected chi connectivity index (χ0v) is 7.47. The summed E-state index contributed by atoms with van der Waals surface area (Å²) in [5.41, 5.74) is 1.02. The van der Waals surface area contributed by atoms with Crippen LogP contribution in [0.1, 0.15) is 0 Å². The Balaban J connectivity index is 2.47. The summed E-state index contributed by atoms with van der Waals surface area (Å²) in [4.78, 5) is 2.10. The van der Waals surface area contributed by atoms with Crippen molar-refractivity contribution >= 4 is 23.1 Å². The van der Waals surface area contributed by atoms with Gasteiger partial charge < -0.3 is 10.2 Å². The van der Waals surface area contributed by atoms with Crippen LogP contribution in [0.5, 0.6) is 0 Å². The monoisotopic (exact) mass is 184 g/mol. The third-order valence-electron chi connectivity index (χ3n) is 1.89. The highest BCUT2D eigenvalue weighted by molar-refractivity contribution is 6.29. The summed E-state index contributed by atoms with van der Waals surface area (Å²) in [6.45, 7) is 1.87. The molecule has 0 saturated heterocycles. The summed E-state index contributed by atoms with van der Waals surface area (Å²) in [5, 5.41) is 11.3. The SMILES string of the molecule is CN1CCNc2nnc(Cl)cc21. The van der Waals surface area contributed by atoms with E-state index in [1.165, 1.54) is 0 Å². The average Bonchev–Trinajstić information content (AvgIpc) is 2.07. The zero-order valence-electron chi connectivity index (χ0n) is 6.71. The van der Waals surface area contributed by atoms with Crippen molar-refractivity contribution in [1.29, 1.82) is 0 Å². The van der Waals surface area contributed by atoms with Crippen LogP contribution in [0.4, 0.5) is 11.5 Å². The van der Waals surface area contributed by atoms with Gasteiger partial charge in [-0.1, -0.05) is 11.6 Å². The summed E-state index contributed by atoms with van der Waals surface area (Å²) in [6, 6.07) is 1.82. The predicted octanol–water partition coefficient (Wildman–Crippen LogP) is 0.992. The van der Waals surface area contributed by atoms with Gasteiger partial charge in [-0.25, -0.2) is 0 Å². The molecule has 5 heteroatoms. The molecule has 4 nitrogen and oxygen atoms in total. The normalized spacial score (nSPS) is 15.3. The van der Waals surface area contributed by atoms with E-state index in [0.717, 1.165) is 24.6 Å². The van der Waals surface area contributed by atoms with Gasteiger partial charge in [0.05, 0.1) is 5.69 Å². The summed E-state index contributed by atoms with van der Waals surface area (Å²) < 4.78 is 0. The first-order valence-electron chi connectivity index (χ1n) is 3.75. The van der Waals surface area contributed by atoms with Crippen molar-refractivity contribution < 1.29 is 0 Å². The summed E-state index contributed by atoms with van der Waals surface area (Å²) in [6.07, 6.45) is 0. The van der Waals surface area contributed by atoms with Crippen molar-refractivity contribution in [3.05, 3.63) is 11.2 Å². The Morgan fingerprint density at radius 1 is 1.58 bits per heavy atom. The van der Waals surface area contributed by atoms with Gasteiger partial charge in [-0.2, -0.15) is 0 Å². The number of rotatable bonds is 0. The van der Waals surface area contributed by atoms with Crippen LogP contribution in [0.25, 0.3) is 0 Å². The molecule has 1 aliphatic rings. The van der Waals surface area contributed by atoms with Crippen LogP contribution in [0.15, 0.2) is 6.07 Å². The Kier molecular flexibility index (Phi) is 1.77. The molecule has 12 heavy (non-hydrogen) atoms. The van der Waals surface area contributed by atoms with Gasteiger partial charge in [0.1, 0.15) is 0 Å². The van der Waals surface area contributed by atoms with Gasteiger partial charge >= 0.3 is 0 Å². The van der Waals surface area contributed by atoms with E-state index in [9.17, 15) is 0 Å². The van der Waals surface area contributed by atoms with Gasteiger partial charge in [-0.05, 0) is 0 Å². The lowest BCUT2D eigenvalue weighted by Gasteiger charge is -2.26. The van der Waals surface area contributed by atoms with Crippen LogP contribution in [-0.2, 0) is 0 Å². The number of aromatic nitrogens is 2. The van der Waals surface area contributed by atoms with E-state index in [1.54, 1.807) is 0 Å². The molecule has 64 valence electrons. The number of halogens is 1. The second kappa shape index (κ2) is 2.79. The van der Waals surface area contributed by atoms with E-state index in [1.807, 2.05) is 13.1 Å². The van der Waals surface area contributed by atoms with E-state index in [0.29, 0.717) is 5.15 Å². The van der Waals surface area contributed by atoms with Gasteiger partial charge in [0.15, 0.2) is 11.0 Å². The quantitative estimate of drug-likeness (QED) is 0.653. The van der Waals surface area contributed by atoms with Gasteiger partial charge in [0, 0.05) is 26.2 Å². The van der Waals surface area contributed by atoms with Gasteiger partial charge in [-0.3, -0.25) is 0 Å². The number of anilines is 2. The molecule has 2 rings (SSSR count). The van der Waals surface area contributed by atoms with Crippen LogP contribution in [-0.4, -0.2) is 30.3 Å². The molecule has 0 atom stereocenters. The van der Waals surface area contributed by atoms with E-state index in [-0.39, 0.29) is 0 Å². The van der Waals surface area contributed by atoms with Crippen molar-refractivity contribution in [1.82, 2.24) is 10.2 Å². The Hall–Kier alpha value is -1.03. The molecule has 0 aromatic carbocycles. The fourth-order valence-corrected chi connectivity index (χ4v) is 1.38. The third kappa shape index (κ3) is 1.18. The van der Waals surface area contributed by atoms with Crippen LogP contribution in [0.2, 0.25) is 5.15 Å². The molecule has 0 radical (unpaired) electrons. The summed E-state index contributed by atoms with van der Waals surface area (Å²) in [5.74, 6) is 0.813. The van der Waals surface area contributed by atoms with Crippen molar-refractivity contribution in [3.8, 4) is 0 Å². The van der Waals surface area contributed by atoms with Crippen LogP contribution >= 0.6 is 11.6 Å². The first kappa shape index (κ1) is 7.61. The van der Waals surface area contributed by atoms with Gasteiger partial charge in [0.25, 0.3) is 0 Å². The second-order valence-corrected chi connectivity index (χ2v) is 3.14. The highest BCUT2D eigenvalue weighted by Gasteiger charge is 2.14. The molecule has 1 aromatic heterocycles. The standard InChI is InChI=1S/C7H9ClN4/c1-12-3-2-9-7-5(12)4-6(8)10-11-7/h4H,2-3H2,1H3,(H,9,11). The van der Waals surface area contributed by atoms with Crippen molar-refractivity contribution in [2.75, 3.05) is 30.4 Å². The highest BCUT2D eigenvalue weighted by atomic mass is 35.5. The Morgan fingerprint density at radius 2 is 2.42 bits per heavy atom. The largest absolute Gasteiger partial charge is 0.370 e. The van der Waals surface area contributed by atoms with Crippen molar-refractivity contribution in [2.45, 2.75) is 0 Å². The maximum absolute atomic E-state index is 5.71. The van der Waals surface area contributed by atoms with E-state index in [2.05, 4.69) is 20.4 Å². The minimum Gasteiger partial charge on any atom is -0.370 e. The molecule has 0 unspecified atom stereocenters. The molecule has 1 aliphatic heterocycles. The molecule has 2 heterocycles. The van der Waals surface area contributed by atoms with E-state index >= 15 is 0 Å². The van der Waals surface area contributed by atoms with E-state index in [4.69, 9.17) is 11.6 Å². The molecule has 0 spiro atoms. The molecular weight excluding hydrogens is 176 g/mol. The zero-order chi connectivity index (χ0) is 8.55. The number of hydrogen-bond acceptors (Lipinski definition) is 4. The summed E-state index contributed by atoms with van der Waals surface area (Å²) >= 11 is 5.71. The second-order valence-electron chi connectivity index (χ2n) is 2.75. The first-order chi connectivity index (χ1) is 5.77. The number of likely N-dealkylation sites (N-methyl/N-ethyl adjacent to an activating group) is 1. The van der Waals surface area contributed by atoms with Crippen LogP contribution in [0, 0.1) is 0 Å². The molecule has 0 saturated carbocycles. The predicted molar refractivity (Wildman–Crippen MR) is 48.8 cm³/mol. The number of nitrogens with zero attached hydrogens (tertiary/aromatic N) is 3. The molecule has 0 amide bonds. The van der Waals surface area contributed by atoms with Gasteiger partial charge in [0.2, 0.25) is 0 Å². The average molecular weight is 185 g/mol. The minimum absolute atomic E-state index is 0.435. The van der Waals surface area contributed by atoms with Crippen LogP contribution in [0.3, 0.4) is 0 Å². The molecule has 0 aliphatic carbocycles. The highest BCUT2D eigenvalue weighted by Crippen LogP contribution is 2.26. The van der Waals surface area contributed by atoms with Crippen molar-refractivity contribution in [2.24, 2.45) is 0 Å². The third-order valence-corrected chi connectivity index (χ3v) is 2.08. The number of fused-ring (bicyclic) bond motifs is 1. The summed E-state index contributed by atoms with van der Waals surface area (Å²) in [7, 11) is 2.01. The lowest BCUT2D eigenvalue weighted by molar-refractivity contribution is 0.855. The first-order valence-corrected chi connectivity index (χ1v) is 4.13. The maximum atomic E-state index is 5.71. The number of nitrogens with one attached hydrogen (secondary N) is 1. The fraction of sp³-hybridized carbons (Fsp3) is 0.429. The minimum atomic E-state index is 0.435. The molecular formula is C7H9ClN4. The van der Waals surface area contributed by atoms with Gasteiger partial charge in [-0.15, -0.1) is 10.2 Å². The Bertz CT molecular complexity index is 301. The van der Waals surface area contributed by atoms with E-state index < -0.39 is 0 Å². The molecule has 1 aromatic rings. The van der Waals surface area contributed by atoms with Crippen LogP contribution < -0.4 is 10.2 Å². The smallest absolute Gasteiger partial charge is 0.172 e. The lowest BCUT2D eigenvalue weighted by Crippen LogP contribution is -2.31. The lowest BCUT2D eigenvalue weighted by atomic mass is 10.3. The Morgan fingerprint density at radius 3 is 3.25 bits per heavy atom. The number of hydrogen-bond donors (Lipinski definition) is 1. The Labute approximate surface area is 75.5 Å². The molecule has 0 fully saturated rings. The topological polar surface area (TPSA) is 41.0 Å².